The van der Waals surface area contributed by atoms with Gasteiger partial charge < -0.3 is 15.4 Å². The molecule has 0 radical (unpaired) electrons. The number of nitrogens with one attached hydrogen (secondary N) is 2. The number of benzene rings is 2. The molecule has 5 rings (SSSR count). The first-order valence-electron chi connectivity index (χ1n) is 11.4. The summed E-state index contributed by atoms with van der Waals surface area (Å²) in [5.74, 6) is 6.65. The summed E-state index contributed by atoms with van der Waals surface area (Å²) >= 11 is 0. The molecule has 1 aliphatic rings. The number of rotatable bonds is 1. The lowest BCUT2D eigenvalue weighted by atomic mass is 9.75. The van der Waals surface area contributed by atoms with Crippen molar-refractivity contribution in [3.63, 3.8) is 0 Å². The maximum atomic E-state index is 11.2. The minimum atomic E-state index is -0.543. The summed E-state index contributed by atoms with van der Waals surface area (Å²) in [5.41, 5.74) is 9.03. The molecule has 4 nitrogen and oxygen atoms in total. The molecule has 2 aromatic heterocycles. The summed E-state index contributed by atoms with van der Waals surface area (Å²) in [4.78, 5) is 7.85. The van der Waals surface area contributed by atoms with Gasteiger partial charge in [-0.15, -0.1) is 0 Å². The van der Waals surface area contributed by atoms with Crippen LogP contribution in [0.4, 0.5) is 5.69 Å². The van der Waals surface area contributed by atoms with Gasteiger partial charge in [0.15, 0.2) is 0 Å². The van der Waals surface area contributed by atoms with E-state index >= 15 is 0 Å². The number of aryl methyl sites for hydroxylation is 2. The second kappa shape index (κ2) is 7.79. The summed E-state index contributed by atoms with van der Waals surface area (Å²) in [6.07, 6.45) is 3.27. The van der Waals surface area contributed by atoms with E-state index in [4.69, 9.17) is 0 Å². The molecule has 0 saturated carbocycles. The van der Waals surface area contributed by atoms with Crippen molar-refractivity contribution in [3.05, 3.63) is 82.8 Å². The molecule has 3 heterocycles. The second-order valence-corrected chi connectivity index (χ2v) is 9.65. The van der Waals surface area contributed by atoms with Crippen LogP contribution in [0.1, 0.15) is 54.6 Å². The van der Waals surface area contributed by atoms with Crippen LogP contribution in [0.5, 0.6) is 0 Å². The van der Waals surface area contributed by atoms with Gasteiger partial charge in [0.25, 0.3) is 0 Å². The number of nitrogens with zero attached hydrogens (tertiary/aromatic N) is 1. The highest BCUT2D eigenvalue weighted by molar-refractivity contribution is 5.98. The van der Waals surface area contributed by atoms with Gasteiger partial charge in [0.05, 0.1) is 17.2 Å². The van der Waals surface area contributed by atoms with Crippen LogP contribution in [-0.2, 0) is 0 Å². The maximum Gasteiger partial charge on any atom is 0.113 e. The average Bonchev–Trinajstić information content (AvgIpc) is 3.19. The third kappa shape index (κ3) is 3.50. The van der Waals surface area contributed by atoms with Crippen molar-refractivity contribution in [2.75, 3.05) is 5.32 Å². The van der Waals surface area contributed by atoms with Crippen molar-refractivity contribution in [1.29, 1.82) is 0 Å². The van der Waals surface area contributed by atoms with Crippen molar-refractivity contribution < 1.29 is 5.11 Å². The Morgan fingerprint density at radius 1 is 1.00 bits per heavy atom. The van der Waals surface area contributed by atoms with E-state index in [1.807, 2.05) is 32.0 Å². The Labute approximate surface area is 195 Å². The third-order valence-electron chi connectivity index (χ3n) is 6.87. The zero-order valence-electron chi connectivity index (χ0n) is 19.7. The normalized spacial score (nSPS) is 18.8. The smallest absolute Gasteiger partial charge is 0.113 e. The Morgan fingerprint density at radius 2 is 1.82 bits per heavy atom. The molecule has 2 aromatic carbocycles. The van der Waals surface area contributed by atoms with E-state index in [0.717, 1.165) is 44.7 Å². The molecule has 4 heteroatoms. The summed E-state index contributed by atoms with van der Waals surface area (Å²) in [5, 5.41) is 16.0. The van der Waals surface area contributed by atoms with E-state index < -0.39 is 11.6 Å². The van der Waals surface area contributed by atoms with Crippen LogP contribution in [0, 0.1) is 25.7 Å². The number of aliphatic hydroxyl groups excluding tert-OH is 1. The number of aromatic amines is 1. The number of pyridine rings is 1. The second-order valence-electron chi connectivity index (χ2n) is 9.65. The Kier molecular flexibility index (Phi) is 5.03. The Hall–Kier alpha value is -3.55. The van der Waals surface area contributed by atoms with E-state index in [1.54, 1.807) is 6.20 Å². The fourth-order valence-electron chi connectivity index (χ4n) is 5.07. The van der Waals surface area contributed by atoms with E-state index in [2.05, 4.69) is 78.4 Å². The molecule has 0 bridgehead atoms. The molecule has 2 atom stereocenters. The molecule has 0 unspecified atom stereocenters. The number of aromatic nitrogens is 2. The molecule has 4 aromatic rings. The van der Waals surface area contributed by atoms with Gasteiger partial charge in [-0.1, -0.05) is 37.1 Å². The van der Waals surface area contributed by atoms with Gasteiger partial charge in [-0.05, 0) is 68.5 Å². The lowest BCUT2D eigenvalue weighted by Crippen LogP contribution is -2.50. The topological polar surface area (TPSA) is 60.9 Å². The van der Waals surface area contributed by atoms with Crippen LogP contribution in [0.15, 0.2) is 54.9 Å². The fourth-order valence-corrected chi connectivity index (χ4v) is 5.07. The number of aliphatic hydroxyl groups is 1. The molecular formula is C29H29N3O. The standard InChI is InChI=1S/C29H29N3O/c1-17-15-24(23-11-8-10-21-18(2)16-31-27(21)23)22(13-12-20-9-6-7-14-30-20)25-19(3)28(33)29(4,5)32-26(17)25/h6-11,14-16,19,28,31-33H,1-5H3/t19-,28+/m1/s1. The van der Waals surface area contributed by atoms with Crippen molar-refractivity contribution in [2.24, 2.45) is 0 Å². The molecule has 33 heavy (non-hydrogen) atoms. The van der Waals surface area contributed by atoms with Gasteiger partial charge in [-0.2, -0.15) is 0 Å². The first-order valence-corrected chi connectivity index (χ1v) is 11.4. The van der Waals surface area contributed by atoms with Crippen molar-refractivity contribution >= 4 is 16.6 Å². The van der Waals surface area contributed by atoms with Crippen molar-refractivity contribution in [1.82, 2.24) is 9.97 Å². The minimum Gasteiger partial charge on any atom is -0.390 e. The van der Waals surface area contributed by atoms with Crippen LogP contribution in [0.25, 0.3) is 22.0 Å². The molecule has 0 amide bonds. The SMILES string of the molecule is Cc1cc(-c2cccc3c(C)c[nH]c23)c(C#Cc2ccccn2)c2c1NC(C)(C)[C@@H](O)[C@@H]2C. The maximum absolute atomic E-state index is 11.2. The molecule has 0 saturated heterocycles. The summed E-state index contributed by atoms with van der Waals surface area (Å²) < 4.78 is 0. The van der Waals surface area contributed by atoms with Crippen LogP contribution in [0.2, 0.25) is 0 Å². The van der Waals surface area contributed by atoms with Gasteiger partial charge >= 0.3 is 0 Å². The van der Waals surface area contributed by atoms with Gasteiger partial charge in [-0.3, -0.25) is 0 Å². The first kappa shape index (κ1) is 21.3. The Balaban J connectivity index is 1.83. The molecule has 1 aliphatic heterocycles. The Bertz CT molecular complexity index is 1420. The number of hydrogen-bond donors (Lipinski definition) is 3. The number of para-hydroxylation sites is 1. The average molecular weight is 436 g/mol. The Morgan fingerprint density at radius 3 is 2.58 bits per heavy atom. The van der Waals surface area contributed by atoms with Crippen molar-refractivity contribution in [2.45, 2.75) is 52.2 Å². The minimum absolute atomic E-state index is 0.0764. The highest BCUT2D eigenvalue weighted by Gasteiger charge is 2.40. The van der Waals surface area contributed by atoms with E-state index in [0.29, 0.717) is 0 Å². The molecule has 3 N–H and O–H groups in total. The van der Waals surface area contributed by atoms with Gasteiger partial charge in [0, 0.05) is 46.1 Å². The van der Waals surface area contributed by atoms with Crippen LogP contribution < -0.4 is 5.32 Å². The molecule has 0 spiro atoms. The zero-order chi connectivity index (χ0) is 23.3. The quantitative estimate of drug-likeness (QED) is 0.326. The molecular weight excluding hydrogens is 406 g/mol. The predicted molar refractivity (Wildman–Crippen MR) is 136 cm³/mol. The zero-order valence-corrected chi connectivity index (χ0v) is 19.7. The summed E-state index contributed by atoms with van der Waals surface area (Å²) in [6, 6.07) is 14.4. The number of H-pyrrole nitrogens is 1. The molecule has 166 valence electrons. The first-order chi connectivity index (χ1) is 15.8. The predicted octanol–water partition coefficient (Wildman–Crippen LogP) is 5.92. The highest BCUT2D eigenvalue weighted by atomic mass is 16.3. The van der Waals surface area contributed by atoms with Gasteiger partial charge in [0.1, 0.15) is 5.69 Å². The van der Waals surface area contributed by atoms with Crippen LogP contribution in [-0.4, -0.2) is 26.7 Å². The lowest BCUT2D eigenvalue weighted by Gasteiger charge is -2.43. The largest absolute Gasteiger partial charge is 0.390 e. The summed E-state index contributed by atoms with van der Waals surface area (Å²) in [6.45, 7) is 10.4. The summed E-state index contributed by atoms with van der Waals surface area (Å²) in [7, 11) is 0. The number of hydrogen-bond acceptors (Lipinski definition) is 3. The molecule has 0 fully saturated rings. The van der Waals surface area contributed by atoms with Gasteiger partial charge in [-0.25, -0.2) is 4.98 Å². The molecule has 0 aliphatic carbocycles. The monoisotopic (exact) mass is 435 g/mol. The van der Waals surface area contributed by atoms with Gasteiger partial charge in [0.2, 0.25) is 0 Å². The third-order valence-corrected chi connectivity index (χ3v) is 6.87. The van der Waals surface area contributed by atoms with E-state index in [1.165, 1.54) is 10.9 Å². The highest BCUT2D eigenvalue weighted by Crippen LogP contribution is 2.46. The fraction of sp³-hybridized carbons (Fsp3) is 0.276. The number of anilines is 1. The van der Waals surface area contributed by atoms with Crippen molar-refractivity contribution in [3.8, 4) is 23.0 Å². The lowest BCUT2D eigenvalue weighted by molar-refractivity contribution is 0.0868. The van der Waals surface area contributed by atoms with Crippen LogP contribution in [0.3, 0.4) is 0 Å². The van der Waals surface area contributed by atoms with E-state index in [-0.39, 0.29) is 5.92 Å². The van der Waals surface area contributed by atoms with Crippen LogP contribution >= 0.6 is 0 Å². The van der Waals surface area contributed by atoms with E-state index in [9.17, 15) is 5.11 Å². The number of fused-ring (bicyclic) bond motifs is 2.